The van der Waals surface area contributed by atoms with Crippen LogP contribution in [0.4, 0.5) is 4.39 Å². The van der Waals surface area contributed by atoms with E-state index in [0.29, 0.717) is 0 Å². The van der Waals surface area contributed by atoms with Crippen LogP contribution in [0.15, 0.2) is 36.4 Å². The Balaban J connectivity index is 2.82. The minimum Gasteiger partial charge on any atom is -0.310 e. The summed E-state index contributed by atoms with van der Waals surface area (Å²) in [5, 5.41) is 3.36. The van der Waals surface area contributed by atoms with Crippen LogP contribution >= 0.6 is 0 Å². The molecule has 0 radical (unpaired) electrons. The van der Waals surface area contributed by atoms with Crippen LogP contribution in [0.3, 0.4) is 0 Å². The summed E-state index contributed by atoms with van der Waals surface area (Å²) < 4.78 is 13.6. The Morgan fingerprint density at radius 1 is 1.44 bits per heavy atom. The monoisotopic (exact) mass is 221 g/mol. The third kappa shape index (κ3) is 3.78. The summed E-state index contributed by atoms with van der Waals surface area (Å²) in [7, 11) is 0. The van der Waals surface area contributed by atoms with Crippen molar-refractivity contribution >= 4 is 0 Å². The smallest absolute Gasteiger partial charge is 0.127 e. The molecule has 1 N–H and O–H groups in total. The maximum Gasteiger partial charge on any atom is 0.127 e. The molecule has 0 bridgehead atoms. The number of hydrogen-bond donors (Lipinski definition) is 1. The second-order valence-corrected chi connectivity index (χ2v) is 4.19. The molecule has 0 amide bonds. The molecule has 0 spiro atoms. The average Bonchev–Trinajstić information content (AvgIpc) is 2.24. The van der Waals surface area contributed by atoms with Gasteiger partial charge < -0.3 is 5.32 Å². The molecule has 16 heavy (non-hydrogen) atoms. The summed E-state index contributed by atoms with van der Waals surface area (Å²) in [5.74, 6) is -0.141. The summed E-state index contributed by atoms with van der Waals surface area (Å²) >= 11 is 0. The van der Waals surface area contributed by atoms with Gasteiger partial charge in [-0.3, -0.25) is 0 Å². The predicted molar refractivity (Wildman–Crippen MR) is 66.9 cm³/mol. The Hall–Kier alpha value is -1.15. The van der Waals surface area contributed by atoms with Gasteiger partial charge in [0, 0.05) is 11.6 Å². The fourth-order valence-electron chi connectivity index (χ4n) is 1.72. The number of rotatable bonds is 6. The summed E-state index contributed by atoms with van der Waals surface area (Å²) in [6.07, 6.45) is 1.82. The molecule has 0 saturated heterocycles. The lowest BCUT2D eigenvalue weighted by Gasteiger charge is -2.19. The molecule has 1 unspecified atom stereocenters. The first-order valence-corrected chi connectivity index (χ1v) is 5.77. The van der Waals surface area contributed by atoms with Crippen LogP contribution in [0.5, 0.6) is 0 Å². The molecule has 1 atom stereocenters. The van der Waals surface area contributed by atoms with Crippen LogP contribution in [0.25, 0.3) is 0 Å². The Bertz CT molecular complexity index is 346. The van der Waals surface area contributed by atoms with Gasteiger partial charge in [0.2, 0.25) is 0 Å². The van der Waals surface area contributed by atoms with Crippen molar-refractivity contribution in [2.24, 2.45) is 0 Å². The highest BCUT2D eigenvalue weighted by atomic mass is 19.1. The zero-order valence-corrected chi connectivity index (χ0v) is 10.1. The first-order valence-electron chi connectivity index (χ1n) is 5.77. The number of benzene rings is 1. The third-order valence-corrected chi connectivity index (χ3v) is 2.47. The average molecular weight is 221 g/mol. The molecule has 0 saturated carbocycles. The molecule has 2 heteroatoms. The molecule has 1 rings (SSSR count). The Labute approximate surface area is 97.4 Å². The summed E-state index contributed by atoms with van der Waals surface area (Å²) in [6, 6.07) is 6.98. The highest BCUT2D eigenvalue weighted by molar-refractivity contribution is 5.22. The Kier molecular flexibility index (Phi) is 5.20. The zero-order valence-electron chi connectivity index (χ0n) is 10.1. The van der Waals surface area contributed by atoms with Crippen molar-refractivity contribution in [3.8, 4) is 0 Å². The van der Waals surface area contributed by atoms with Gasteiger partial charge in [0.15, 0.2) is 0 Å². The van der Waals surface area contributed by atoms with E-state index in [4.69, 9.17) is 0 Å². The summed E-state index contributed by atoms with van der Waals surface area (Å²) in [6.45, 7) is 8.87. The summed E-state index contributed by atoms with van der Waals surface area (Å²) in [5.41, 5.74) is 1.80. The quantitative estimate of drug-likeness (QED) is 0.720. The lowest BCUT2D eigenvalue weighted by atomic mass is 9.99. The molecule has 1 aromatic carbocycles. The highest BCUT2D eigenvalue weighted by Gasteiger charge is 2.14. The van der Waals surface area contributed by atoms with Gasteiger partial charge in [-0.1, -0.05) is 30.7 Å². The Morgan fingerprint density at radius 3 is 2.69 bits per heavy atom. The fourth-order valence-corrected chi connectivity index (χ4v) is 1.72. The van der Waals surface area contributed by atoms with E-state index in [1.165, 1.54) is 6.07 Å². The van der Waals surface area contributed by atoms with Crippen molar-refractivity contribution in [2.75, 3.05) is 6.54 Å². The third-order valence-electron chi connectivity index (χ3n) is 2.47. The Morgan fingerprint density at radius 2 is 2.12 bits per heavy atom. The maximum absolute atomic E-state index is 13.6. The zero-order chi connectivity index (χ0) is 12.0. The standard InChI is InChI=1S/C14H20FN/c1-4-9-16-14(10-11(2)3)12-7-5-6-8-13(12)15/h5-8,14,16H,2,4,9-10H2,1,3H3. The lowest BCUT2D eigenvalue weighted by Crippen LogP contribution is -2.23. The van der Waals surface area contributed by atoms with Gasteiger partial charge in [-0.2, -0.15) is 0 Å². The van der Waals surface area contributed by atoms with E-state index in [0.717, 1.165) is 30.5 Å². The van der Waals surface area contributed by atoms with Crippen LogP contribution in [0, 0.1) is 5.82 Å². The number of hydrogen-bond acceptors (Lipinski definition) is 1. The first kappa shape index (κ1) is 12.9. The van der Waals surface area contributed by atoms with Crippen molar-refractivity contribution in [1.29, 1.82) is 0 Å². The molecule has 1 aromatic rings. The van der Waals surface area contributed by atoms with E-state index >= 15 is 0 Å². The minimum absolute atomic E-state index is 0.0404. The van der Waals surface area contributed by atoms with E-state index in [1.807, 2.05) is 19.1 Å². The van der Waals surface area contributed by atoms with Crippen LogP contribution in [0.1, 0.15) is 38.3 Å². The van der Waals surface area contributed by atoms with Gasteiger partial charge in [0.05, 0.1) is 0 Å². The van der Waals surface area contributed by atoms with Crippen LogP contribution in [-0.4, -0.2) is 6.54 Å². The van der Waals surface area contributed by atoms with Crippen molar-refractivity contribution in [3.63, 3.8) is 0 Å². The predicted octanol–water partition coefficient (Wildman–Crippen LogP) is 3.83. The SMILES string of the molecule is C=C(C)CC(NCCC)c1ccccc1F. The van der Waals surface area contributed by atoms with E-state index in [9.17, 15) is 4.39 Å². The second kappa shape index (κ2) is 6.44. The second-order valence-electron chi connectivity index (χ2n) is 4.19. The molecule has 0 heterocycles. The largest absolute Gasteiger partial charge is 0.310 e. The van der Waals surface area contributed by atoms with Gasteiger partial charge in [0.1, 0.15) is 5.82 Å². The van der Waals surface area contributed by atoms with E-state index in [2.05, 4.69) is 18.8 Å². The van der Waals surface area contributed by atoms with E-state index < -0.39 is 0 Å². The molecule has 0 aliphatic heterocycles. The molecule has 0 fully saturated rings. The van der Waals surface area contributed by atoms with Gasteiger partial charge in [-0.25, -0.2) is 4.39 Å². The normalized spacial score (nSPS) is 12.4. The molecular weight excluding hydrogens is 201 g/mol. The van der Waals surface area contributed by atoms with Crippen molar-refractivity contribution in [3.05, 3.63) is 47.8 Å². The highest BCUT2D eigenvalue weighted by Crippen LogP contribution is 2.22. The van der Waals surface area contributed by atoms with Gasteiger partial charge >= 0.3 is 0 Å². The minimum atomic E-state index is -0.141. The molecule has 1 nitrogen and oxygen atoms in total. The maximum atomic E-state index is 13.6. The van der Waals surface area contributed by atoms with Crippen LogP contribution < -0.4 is 5.32 Å². The topological polar surface area (TPSA) is 12.0 Å². The fraction of sp³-hybridized carbons (Fsp3) is 0.429. The van der Waals surface area contributed by atoms with Crippen molar-refractivity contribution < 1.29 is 4.39 Å². The molecule has 0 aliphatic carbocycles. The van der Waals surface area contributed by atoms with Crippen molar-refractivity contribution in [2.45, 2.75) is 32.7 Å². The number of halogens is 1. The van der Waals surface area contributed by atoms with Gasteiger partial charge in [0.25, 0.3) is 0 Å². The first-order chi connectivity index (χ1) is 7.65. The number of nitrogens with one attached hydrogen (secondary N) is 1. The van der Waals surface area contributed by atoms with E-state index in [-0.39, 0.29) is 11.9 Å². The molecule has 0 aromatic heterocycles. The van der Waals surface area contributed by atoms with E-state index in [1.54, 1.807) is 6.07 Å². The van der Waals surface area contributed by atoms with Crippen LogP contribution in [-0.2, 0) is 0 Å². The van der Waals surface area contributed by atoms with Crippen LogP contribution in [0.2, 0.25) is 0 Å². The van der Waals surface area contributed by atoms with Crippen molar-refractivity contribution in [1.82, 2.24) is 5.32 Å². The molecule has 0 aliphatic rings. The van der Waals surface area contributed by atoms with Gasteiger partial charge in [-0.05, 0) is 32.4 Å². The lowest BCUT2D eigenvalue weighted by molar-refractivity contribution is 0.496. The van der Waals surface area contributed by atoms with Gasteiger partial charge in [-0.15, -0.1) is 6.58 Å². The summed E-state index contributed by atoms with van der Waals surface area (Å²) in [4.78, 5) is 0. The molecular formula is C14H20FN. The molecule has 88 valence electrons.